The minimum absolute atomic E-state index is 0.0613. The average molecular weight is 508 g/mol. The lowest BCUT2D eigenvalue weighted by Gasteiger charge is -2.27. The summed E-state index contributed by atoms with van der Waals surface area (Å²) in [4.78, 5) is 25.5. The molecule has 36 heavy (non-hydrogen) atoms. The van der Waals surface area contributed by atoms with Crippen LogP contribution in [0.25, 0.3) is 22.4 Å². The highest BCUT2D eigenvalue weighted by atomic mass is 28.3. The van der Waals surface area contributed by atoms with Crippen LogP contribution in [0.1, 0.15) is 36.7 Å². The summed E-state index contributed by atoms with van der Waals surface area (Å²) in [5.74, 6) is 0.0613. The third kappa shape index (κ3) is 6.67. The van der Waals surface area contributed by atoms with Crippen molar-refractivity contribution < 1.29 is 9.53 Å². The summed E-state index contributed by atoms with van der Waals surface area (Å²) in [6, 6.07) is 9.65. The van der Waals surface area contributed by atoms with Gasteiger partial charge >= 0.3 is 0 Å². The number of hydrogen-bond acceptors (Lipinski definition) is 6. The summed E-state index contributed by atoms with van der Waals surface area (Å²) in [7, 11) is -1.17. The van der Waals surface area contributed by atoms with Gasteiger partial charge in [0.05, 0.1) is 17.5 Å². The SMILES string of the molecule is CC(C)(C)C(=O)c1cn(COCC[Si](C)(C)C)c2ncc(-c3ccc(CN4CCNCC4)cc3)nc12. The van der Waals surface area contributed by atoms with Crippen molar-refractivity contribution in [1.29, 1.82) is 0 Å². The summed E-state index contributed by atoms with van der Waals surface area (Å²) >= 11 is 0. The molecule has 3 aromatic rings. The van der Waals surface area contributed by atoms with Gasteiger partial charge < -0.3 is 14.6 Å². The lowest BCUT2D eigenvalue weighted by atomic mass is 9.87. The summed E-state index contributed by atoms with van der Waals surface area (Å²) in [5, 5.41) is 3.40. The summed E-state index contributed by atoms with van der Waals surface area (Å²) < 4.78 is 7.91. The van der Waals surface area contributed by atoms with E-state index >= 15 is 0 Å². The third-order valence-electron chi connectivity index (χ3n) is 6.58. The Hall–Kier alpha value is -2.39. The number of rotatable bonds is 9. The second-order valence-electron chi connectivity index (χ2n) is 12.1. The van der Waals surface area contributed by atoms with Crippen LogP contribution in [0.2, 0.25) is 25.7 Å². The molecule has 1 aromatic carbocycles. The maximum Gasteiger partial charge on any atom is 0.171 e. The third-order valence-corrected chi connectivity index (χ3v) is 8.29. The first-order chi connectivity index (χ1) is 17.0. The first-order valence-electron chi connectivity index (χ1n) is 13.0. The number of benzene rings is 1. The number of carbonyl (C=O) groups is 1. The van der Waals surface area contributed by atoms with Crippen molar-refractivity contribution in [3.05, 3.63) is 47.8 Å². The number of fused-ring (bicyclic) bond motifs is 1. The van der Waals surface area contributed by atoms with Gasteiger partial charge in [-0.05, 0) is 11.6 Å². The fourth-order valence-corrected chi connectivity index (χ4v) is 5.07. The largest absolute Gasteiger partial charge is 0.361 e. The van der Waals surface area contributed by atoms with E-state index in [1.807, 2.05) is 31.5 Å². The molecule has 0 amide bonds. The molecule has 4 rings (SSSR count). The van der Waals surface area contributed by atoms with Gasteiger partial charge in [0.25, 0.3) is 0 Å². The second kappa shape index (κ2) is 10.9. The molecule has 2 aromatic heterocycles. The topological polar surface area (TPSA) is 72.3 Å². The van der Waals surface area contributed by atoms with E-state index in [0.29, 0.717) is 30.1 Å². The number of carbonyl (C=O) groups excluding carboxylic acids is 1. The summed E-state index contributed by atoms with van der Waals surface area (Å²) in [5.41, 5.74) is 4.50. The Labute approximate surface area is 216 Å². The van der Waals surface area contributed by atoms with Crippen LogP contribution in [0.5, 0.6) is 0 Å². The zero-order valence-corrected chi connectivity index (χ0v) is 23.7. The zero-order valence-electron chi connectivity index (χ0n) is 22.7. The Bertz CT molecular complexity index is 1190. The Kier molecular flexibility index (Phi) is 8.09. The van der Waals surface area contributed by atoms with Crippen LogP contribution in [0.4, 0.5) is 0 Å². The number of Topliss-reactive ketones (excluding diaryl/α,β-unsaturated/α-hetero) is 1. The second-order valence-corrected chi connectivity index (χ2v) is 17.7. The van der Waals surface area contributed by atoms with E-state index in [1.54, 1.807) is 6.20 Å². The van der Waals surface area contributed by atoms with E-state index in [4.69, 9.17) is 14.7 Å². The number of ketones is 1. The van der Waals surface area contributed by atoms with Crippen LogP contribution in [0.3, 0.4) is 0 Å². The van der Waals surface area contributed by atoms with Crippen LogP contribution >= 0.6 is 0 Å². The molecule has 0 atom stereocenters. The Morgan fingerprint density at radius 2 is 1.81 bits per heavy atom. The van der Waals surface area contributed by atoms with E-state index in [2.05, 4.69) is 54.1 Å². The molecule has 0 radical (unpaired) electrons. The first-order valence-corrected chi connectivity index (χ1v) is 16.7. The molecular formula is C28H41N5O2Si. The van der Waals surface area contributed by atoms with Crippen LogP contribution in [-0.4, -0.2) is 66.1 Å². The Morgan fingerprint density at radius 1 is 1.11 bits per heavy atom. The highest BCUT2D eigenvalue weighted by Crippen LogP contribution is 2.29. The zero-order chi connectivity index (χ0) is 25.9. The van der Waals surface area contributed by atoms with E-state index in [0.717, 1.165) is 50.0 Å². The molecule has 1 aliphatic heterocycles. The van der Waals surface area contributed by atoms with Gasteiger partial charge in [-0.3, -0.25) is 9.69 Å². The van der Waals surface area contributed by atoms with Gasteiger partial charge in [0, 0.05) is 64.6 Å². The molecule has 0 bridgehead atoms. The number of hydrogen-bond donors (Lipinski definition) is 1. The van der Waals surface area contributed by atoms with Gasteiger partial charge in [-0.2, -0.15) is 0 Å². The van der Waals surface area contributed by atoms with Crippen molar-refractivity contribution in [3.63, 3.8) is 0 Å². The van der Waals surface area contributed by atoms with E-state index in [1.165, 1.54) is 5.56 Å². The van der Waals surface area contributed by atoms with Gasteiger partial charge in [-0.25, -0.2) is 9.97 Å². The van der Waals surface area contributed by atoms with Crippen molar-refractivity contribution in [2.45, 2.75) is 59.7 Å². The fourth-order valence-electron chi connectivity index (χ4n) is 4.31. The molecule has 0 spiro atoms. The van der Waals surface area contributed by atoms with Crippen molar-refractivity contribution >= 4 is 25.0 Å². The molecule has 0 aliphatic carbocycles. The smallest absolute Gasteiger partial charge is 0.171 e. The number of nitrogens with zero attached hydrogens (tertiary/aromatic N) is 4. The van der Waals surface area contributed by atoms with E-state index in [9.17, 15) is 4.79 Å². The first kappa shape index (κ1) is 26.7. The molecule has 1 saturated heterocycles. The van der Waals surface area contributed by atoms with Crippen molar-refractivity contribution in [2.75, 3.05) is 32.8 Å². The Morgan fingerprint density at radius 3 is 2.44 bits per heavy atom. The highest BCUT2D eigenvalue weighted by Gasteiger charge is 2.28. The molecule has 3 heterocycles. The van der Waals surface area contributed by atoms with Crippen molar-refractivity contribution in [2.24, 2.45) is 5.41 Å². The van der Waals surface area contributed by atoms with Gasteiger partial charge in [0.1, 0.15) is 12.2 Å². The molecule has 0 unspecified atom stereocenters. The van der Waals surface area contributed by atoms with Crippen molar-refractivity contribution in [1.82, 2.24) is 24.8 Å². The molecule has 7 nitrogen and oxygen atoms in total. The van der Waals surface area contributed by atoms with Gasteiger partial charge in [-0.15, -0.1) is 0 Å². The molecular weight excluding hydrogens is 466 g/mol. The number of nitrogens with one attached hydrogen (secondary N) is 1. The van der Waals surface area contributed by atoms with Gasteiger partial charge in [-0.1, -0.05) is 64.7 Å². The summed E-state index contributed by atoms with van der Waals surface area (Å²) in [6.45, 7) is 19.1. The maximum atomic E-state index is 13.3. The predicted molar refractivity (Wildman–Crippen MR) is 149 cm³/mol. The standard InChI is InChI=1S/C28H41N5O2Si/c1-28(2,3)26(34)23-19-33(20-35-15-16-36(4,5)6)27-25(23)31-24(17-30-27)22-9-7-21(8-10-22)18-32-13-11-29-12-14-32/h7-10,17,19,29H,11-16,18,20H2,1-6H3. The average Bonchev–Trinajstić information content (AvgIpc) is 3.19. The maximum absolute atomic E-state index is 13.3. The van der Waals surface area contributed by atoms with Crippen LogP contribution < -0.4 is 5.32 Å². The lowest BCUT2D eigenvalue weighted by Crippen LogP contribution is -2.42. The number of ether oxygens (including phenoxy) is 1. The van der Waals surface area contributed by atoms with Crippen molar-refractivity contribution in [3.8, 4) is 11.3 Å². The number of piperazine rings is 1. The van der Waals surface area contributed by atoms with Gasteiger partial charge in [0.15, 0.2) is 11.4 Å². The Balaban J connectivity index is 1.59. The highest BCUT2D eigenvalue weighted by molar-refractivity contribution is 6.76. The van der Waals surface area contributed by atoms with E-state index in [-0.39, 0.29) is 5.78 Å². The fraction of sp³-hybridized carbons (Fsp3) is 0.536. The summed E-state index contributed by atoms with van der Waals surface area (Å²) in [6.07, 6.45) is 3.67. The quantitative estimate of drug-likeness (QED) is 0.248. The minimum atomic E-state index is -1.17. The molecule has 1 aliphatic rings. The van der Waals surface area contributed by atoms with Crippen LogP contribution in [-0.2, 0) is 18.0 Å². The number of aromatic nitrogens is 3. The molecule has 8 heteroatoms. The normalized spacial score (nSPS) is 15.5. The predicted octanol–water partition coefficient (Wildman–Crippen LogP) is 5.04. The van der Waals surface area contributed by atoms with E-state index < -0.39 is 13.5 Å². The van der Waals surface area contributed by atoms with Gasteiger partial charge in [0.2, 0.25) is 0 Å². The lowest BCUT2D eigenvalue weighted by molar-refractivity contribution is 0.0849. The molecule has 1 fully saturated rings. The molecule has 1 N–H and O–H groups in total. The molecule has 0 saturated carbocycles. The minimum Gasteiger partial charge on any atom is -0.361 e. The van der Waals surface area contributed by atoms with Crippen LogP contribution in [0.15, 0.2) is 36.7 Å². The van der Waals surface area contributed by atoms with Crippen LogP contribution in [0, 0.1) is 5.41 Å². The molecule has 194 valence electrons. The monoisotopic (exact) mass is 507 g/mol.